The van der Waals surface area contributed by atoms with E-state index in [0.29, 0.717) is 25.5 Å². The normalized spacial score (nSPS) is 17.6. The van der Waals surface area contributed by atoms with Crippen molar-refractivity contribution in [1.82, 2.24) is 14.7 Å². The highest BCUT2D eigenvalue weighted by Crippen LogP contribution is 2.40. The van der Waals surface area contributed by atoms with Crippen molar-refractivity contribution in [2.24, 2.45) is 0 Å². The molecular weight excluding hydrogens is 397 g/mol. The van der Waals surface area contributed by atoms with Gasteiger partial charge in [0.2, 0.25) is 0 Å². The maximum absolute atomic E-state index is 13.3. The molecule has 1 saturated carbocycles. The monoisotopic (exact) mass is 422 g/mol. The quantitative estimate of drug-likeness (QED) is 0.716. The van der Waals surface area contributed by atoms with Crippen LogP contribution in [0.15, 0.2) is 35.1 Å². The lowest BCUT2D eigenvalue weighted by Crippen LogP contribution is -2.36. The Morgan fingerprint density at radius 1 is 1.17 bits per heavy atom. The van der Waals surface area contributed by atoms with Crippen LogP contribution in [-0.2, 0) is 24.1 Å². The third-order valence-electron chi connectivity index (χ3n) is 5.43. The number of aromatic nitrogens is 2. The smallest absolute Gasteiger partial charge is 0.378 e. The van der Waals surface area contributed by atoms with Crippen LogP contribution in [0.5, 0.6) is 0 Å². The Bertz CT molecular complexity index is 933. The van der Waals surface area contributed by atoms with Crippen LogP contribution in [0.2, 0.25) is 0 Å². The maximum Gasteiger partial charge on any atom is 0.421 e. The summed E-state index contributed by atoms with van der Waals surface area (Å²) in [5, 5.41) is 4.21. The Balaban J connectivity index is 1.46. The number of morpholine rings is 1. The lowest BCUT2D eigenvalue weighted by molar-refractivity contribution is -0.139. The van der Waals surface area contributed by atoms with Gasteiger partial charge in [0.15, 0.2) is 0 Å². The fourth-order valence-electron chi connectivity index (χ4n) is 3.66. The van der Waals surface area contributed by atoms with E-state index in [2.05, 4.69) is 10.00 Å². The zero-order valence-electron chi connectivity index (χ0n) is 16.9. The molecule has 30 heavy (non-hydrogen) atoms. The van der Waals surface area contributed by atoms with Gasteiger partial charge < -0.3 is 9.64 Å². The second kappa shape index (κ2) is 8.39. The molecule has 2 aromatic rings. The van der Waals surface area contributed by atoms with Crippen LogP contribution in [0.25, 0.3) is 0 Å². The van der Waals surface area contributed by atoms with Gasteiger partial charge in [-0.15, -0.1) is 0 Å². The number of nitrogens with zero attached hydrogens (tertiary/aromatic N) is 4. The van der Waals surface area contributed by atoms with Crippen molar-refractivity contribution in [3.63, 3.8) is 0 Å². The fourth-order valence-corrected chi connectivity index (χ4v) is 3.66. The molecule has 0 unspecified atom stereocenters. The zero-order valence-corrected chi connectivity index (χ0v) is 16.9. The second-order valence-electron chi connectivity index (χ2n) is 7.98. The summed E-state index contributed by atoms with van der Waals surface area (Å²) in [4.78, 5) is 16.4. The molecular formula is C21H25F3N4O2. The van der Waals surface area contributed by atoms with Crippen LogP contribution in [0.1, 0.15) is 35.6 Å². The molecule has 4 rings (SSSR count). The minimum absolute atomic E-state index is 0.00626. The van der Waals surface area contributed by atoms with Crippen molar-refractivity contribution in [2.45, 2.75) is 38.1 Å². The van der Waals surface area contributed by atoms with Crippen LogP contribution in [0, 0.1) is 0 Å². The first-order valence-corrected chi connectivity index (χ1v) is 10.1. The molecule has 2 heterocycles. The summed E-state index contributed by atoms with van der Waals surface area (Å²) in [7, 11) is 1.76. The summed E-state index contributed by atoms with van der Waals surface area (Å²) >= 11 is 0. The van der Waals surface area contributed by atoms with Crippen molar-refractivity contribution in [2.75, 3.05) is 38.3 Å². The summed E-state index contributed by atoms with van der Waals surface area (Å²) in [6.07, 6.45) is -3.05. The van der Waals surface area contributed by atoms with E-state index in [-0.39, 0.29) is 12.6 Å². The van der Waals surface area contributed by atoms with Gasteiger partial charge in [-0.2, -0.15) is 18.3 Å². The highest BCUT2D eigenvalue weighted by molar-refractivity contribution is 5.47. The second-order valence-corrected chi connectivity index (χ2v) is 7.98. The van der Waals surface area contributed by atoms with Crippen molar-refractivity contribution in [1.29, 1.82) is 0 Å². The minimum Gasteiger partial charge on any atom is -0.378 e. The molecule has 1 saturated heterocycles. The first-order valence-electron chi connectivity index (χ1n) is 10.1. The summed E-state index contributed by atoms with van der Waals surface area (Å²) < 4.78 is 46.2. The lowest BCUT2D eigenvalue weighted by Gasteiger charge is -2.29. The van der Waals surface area contributed by atoms with E-state index in [1.54, 1.807) is 11.9 Å². The average Bonchev–Trinajstić information content (AvgIpc) is 3.55. The van der Waals surface area contributed by atoms with Crippen molar-refractivity contribution < 1.29 is 17.9 Å². The van der Waals surface area contributed by atoms with E-state index >= 15 is 0 Å². The number of alkyl halides is 3. The summed E-state index contributed by atoms with van der Waals surface area (Å²) in [6, 6.07) is 8.99. The Labute approximate surface area is 172 Å². The molecule has 0 spiro atoms. The molecule has 1 aromatic heterocycles. The zero-order chi connectivity index (χ0) is 21.3. The van der Waals surface area contributed by atoms with Gasteiger partial charge in [-0.25, -0.2) is 4.68 Å². The first-order chi connectivity index (χ1) is 14.3. The topological polar surface area (TPSA) is 50.6 Å². The van der Waals surface area contributed by atoms with Crippen molar-refractivity contribution in [3.8, 4) is 0 Å². The summed E-state index contributed by atoms with van der Waals surface area (Å²) in [6.45, 7) is 3.62. The van der Waals surface area contributed by atoms with E-state index in [1.807, 2.05) is 24.3 Å². The lowest BCUT2D eigenvalue weighted by atomic mass is 10.2. The van der Waals surface area contributed by atoms with Gasteiger partial charge in [-0.05, 0) is 43.7 Å². The third-order valence-corrected chi connectivity index (χ3v) is 5.43. The number of ether oxygens (including phenoxy) is 1. The number of hydrogen-bond donors (Lipinski definition) is 0. The Morgan fingerprint density at radius 2 is 1.83 bits per heavy atom. The highest BCUT2D eigenvalue weighted by Gasteiger charge is 2.37. The molecule has 0 atom stereocenters. The summed E-state index contributed by atoms with van der Waals surface area (Å²) in [5.74, 6) is 0.0241. The van der Waals surface area contributed by atoms with E-state index in [1.165, 1.54) is 0 Å². The first kappa shape index (κ1) is 20.9. The molecule has 0 radical (unpaired) electrons. The molecule has 6 nitrogen and oxygen atoms in total. The van der Waals surface area contributed by atoms with Crippen molar-refractivity contribution >= 4 is 5.69 Å². The van der Waals surface area contributed by atoms with Gasteiger partial charge >= 0.3 is 6.18 Å². The van der Waals surface area contributed by atoms with E-state index in [0.717, 1.165) is 47.9 Å². The Morgan fingerprint density at radius 3 is 2.43 bits per heavy atom. The molecule has 0 N–H and O–H groups in total. The van der Waals surface area contributed by atoms with Gasteiger partial charge in [0.05, 0.1) is 25.6 Å². The van der Waals surface area contributed by atoms with Crippen LogP contribution >= 0.6 is 0 Å². The van der Waals surface area contributed by atoms with Gasteiger partial charge in [-0.3, -0.25) is 9.69 Å². The number of anilines is 1. The van der Waals surface area contributed by atoms with Crippen molar-refractivity contribution in [3.05, 3.63) is 57.5 Å². The van der Waals surface area contributed by atoms with Gasteiger partial charge in [0.25, 0.3) is 5.56 Å². The van der Waals surface area contributed by atoms with Crippen LogP contribution in [0.4, 0.5) is 18.9 Å². The molecule has 9 heteroatoms. The molecule has 0 amide bonds. The fraction of sp³-hybridized carbons (Fsp3) is 0.524. The minimum atomic E-state index is -4.68. The van der Waals surface area contributed by atoms with Crippen LogP contribution < -0.4 is 10.5 Å². The average molecular weight is 422 g/mol. The Kier molecular flexibility index (Phi) is 5.84. The van der Waals surface area contributed by atoms with Gasteiger partial charge in [0, 0.05) is 31.2 Å². The standard InChI is InChI=1S/C21H25F3N4O2/c1-26(13-15-2-6-17(7-3-15)27-8-10-30-11-9-27)14-28-20(29)18(21(22,23)24)12-19(25-28)16-4-5-16/h2-3,6-7,12,16H,4-5,8-11,13-14H2,1H3. The summed E-state index contributed by atoms with van der Waals surface area (Å²) in [5.41, 5.74) is 0.251. The molecule has 2 fully saturated rings. The molecule has 0 bridgehead atoms. The predicted molar refractivity (Wildman–Crippen MR) is 106 cm³/mol. The molecule has 162 valence electrons. The third kappa shape index (κ3) is 4.84. The number of benzene rings is 1. The van der Waals surface area contributed by atoms with E-state index in [9.17, 15) is 18.0 Å². The van der Waals surface area contributed by atoms with E-state index < -0.39 is 17.3 Å². The number of halogens is 3. The Hall–Kier alpha value is -2.39. The maximum atomic E-state index is 13.3. The molecule has 1 aliphatic carbocycles. The number of rotatable bonds is 6. The SMILES string of the molecule is CN(Cc1ccc(N2CCOCC2)cc1)Cn1nc(C2CC2)cc(C(F)(F)F)c1=O. The molecule has 1 aliphatic heterocycles. The largest absolute Gasteiger partial charge is 0.421 e. The van der Waals surface area contributed by atoms with E-state index in [4.69, 9.17) is 4.74 Å². The number of hydrogen-bond acceptors (Lipinski definition) is 5. The molecule has 2 aliphatic rings. The van der Waals surface area contributed by atoms with Crippen LogP contribution in [0.3, 0.4) is 0 Å². The predicted octanol–water partition coefficient (Wildman–Crippen LogP) is 3.07. The molecule has 1 aromatic carbocycles. The van der Waals surface area contributed by atoms with Gasteiger partial charge in [0.1, 0.15) is 5.56 Å². The highest BCUT2D eigenvalue weighted by atomic mass is 19.4. The van der Waals surface area contributed by atoms with Gasteiger partial charge in [-0.1, -0.05) is 12.1 Å². The van der Waals surface area contributed by atoms with Crippen LogP contribution in [-0.4, -0.2) is 48.0 Å².